The molecule has 0 radical (unpaired) electrons. The Labute approximate surface area is 127 Å². The average molecular weight is 328 g/mol. The summed E-state index contributed by atoms with van der Waals surface area (Å²) in [6, 6.07) is 7.96. The number of benzene rings is 1. The first kappa shape index (κ1) is 16.7. The first-order chi connectivity index (χ1) is 10.8. The Balaban J connectivity index is 0.000000236. The molecular formula is C15H12F4N2O2. The van der Waals surface area contributed by atoms with Crippen LogP contribution in [0, 0.1) is 0 Å². The molecule has 3 rings (SSSR count). The van der Waals surface area contributed by atoms with Gasteiger partial charge in [0, 0.05) is 40.6 Å². The van der Waals surface area contributed by atoms with Crippen LogP contribution in [-0.2, 0) is 11.2 Å². The number of carboxylic acids is 1. The predicted octanol–water partition coefficient (Wildman–Crippen LogP) is 3.86. The molecule has 2 heterocycles. The Kier molecular flexibility index (Phi) is 4.83. The average Bonchev–Trinajstić information content (AvgIpc) is 2.85. The van der Waals surface area contributed by atoms with E-state index in [2.05, 4.69) is 9.97 Å². The molecule has 23 heavy (non-hydrogen) atoms. The van der Waals surface area contributed by atoms with Crippen LogP contribution in [0.5, 0.6) is 0 Å². The van der Waals surface area contributed by atoms with Crippen molar-refractivity contribution < 1.29 is 27.5 Å². The molecule has 0 spiro atoms. The van der Waals surface area contributed by atoms with E-state index >= 15 is 0 Å². The second kappa shape index (κ2) is 6.64. The second-order valence-electron chi connectivity index (χ2n) is 4.67. The molecule has 1 aromatic carbocycles. The number of aromatic nitrogens is 2. The van der Waals surface area contributed by atoms with E-state index in [1.807, 2.05) is 30.5 Å². The first-order valence-electron chi connectivity index (χ1n) is 6.53. The third-order valence-corrected chi connectivity index (χ3v) is 3.09. The van der Waals surface area contributed by atoms with Crippen LogP contribution in [0.3, 0.4) is 0 Å². The SMILES string of the molecule is FCCc1ccc2c(c1)[nH]c1ccncc12.O=C(O)C(F)(F)F. The number of aliphatic carboxylic acids is 1. The maximum atomic E-state index is 12.3. The van der Waals surface area contributed by atoms with Crippen molar-refractivity contribution in [3.63, 3.8) is 0 Å². The Morgan fingerprint density at radius 1 is 1.17 bits per heavy atom. The predicted molar refractivity (Wildman–Crippen MR) is 77.0 cm³/mol. The van der Waals surface area contributed by atoms with Crippen molar-refractivity contribution in [1.82, 2.24) is 9.97 Å². The monoisotopic (exact) mass is 328 g/mol. The topological polar surface area (TPSA) is 66.0 Å². The smallest absolute Gasteiger partial charge is 0.475 e. The van der Waals surface area contributed by atoms with Crippen LogP contribution in [0.4, 0.5) is 17.6 Å². The number of nitrogens with zero attached hydrogens (tertiary/aromatic N) is 1. The first-order valence-corrected chi connectivity index (χ1v) is 6.53. The summed E-state index contributed by atoms with van der Waals surface area (Å²) in [5.74, 6) is -2.76. The molecule has 0 aliphatic heterocycles. The van der Waals surface area contributed by atoms with Crippen molar-refractivity contribution in [2.24, 2.45) is 0 Å². The molecule has 0 unspecified atom stereocenters. The molecule has 0 fully saturated rings. The van der Waals surface area contributed by atoms with Gasteiger partial charge in [-0.3, -0.25) is 9.37 Å². The number of halogens is 4. The van der Waals surface area contributed by atoms with Crippen LogP contribution in [0.2, 0.25) is 0 Å². The number of hydrogen-bond acceptors (Lipinski definition) is 2. The molecule has 2 aromatic heterocycles. The standard InChI is InChI=1S/C13H11FN2.C2HF3O2/c14-5-3-9-1-2-10-11-8-15-6-4-12(11)16-13(10)7-9;3-2(4,5)1(6)7/h1-2,4,6-8,16H,3,5H2;(H,6,7). The number of nitrogens with one attached hydrogen (secondary N) is 1. The Morgan fingerprint density at radius 3 is 2.48 bits per heavy atom. The lowest BCUT2D eigenvalue weighted by molar-refractivity contribution is -0.192. The van der Waals surface area contributed by atoms with E-state index in [0.29, 0.717) is 6.42 Å². The molecule has 0 saturated carbocycles. The number of pyridine rings is 1. The van der Waals surface area contributed by atoms with E-state index in [0.717, 1.165) is 27.4 Å². The van der Waals surface area contributed by atoms with Gasteiger partial charge in [0.15, 0.2) is 0 Å². The fourth-order valence-electron chi connectivity index (χ4n) is 2.06. The van der Waals surface area contributed by atoms with Gasteiger partial charge in [0.1, 0.15) is 0 Å². The Hall–Kier alpha value is -2.64. The van der Waals surface area contributed by atoms with Gasteiger partial charge in [-0.25, -0.2) is 4.79 Å². The minimum Gasteiger partial charge on any atom is -0.475 e. The minimum absolute atomic E-state index is 0.312. The molecule has 0 atom stereocenters. The van der Waals surface area contributed by atoms with Gasteiger partial charge in [0.05, 0.1) is 6.67 Å². The Morgan fingerprint density at radius 2 is 1.87 bits per heavy atom. The number of carboxylic acid groups (broad SMARTS) is 1. The van der Waals surface area contributed by atoms with Gasteiger partial charge in [-0.2, -0.15) is 13.2 Å². The van der Waals surface area contributed by atoms with E-state index in [-0.39, 0.29) is 6.67 Å². The summed E-state index contributed by atoms with van der Waals surface area (Å²) < 4.78 is 44.0. The van der Waals surface area contributed by atoms with Gasteiger partial charge in [-0.1, -0.05) is 12.1 Å². The van der Waals surface area contributed by atoms with E-state index in [9.17, 15) is 17.6 Å². The third-order valence-electron chi connectivity index (χ3n) is 3.09. The number of alkyl halides is 4. The van der Waals surface area contributed by atoms with E-state index in [1.165, 1.54) is 0 Å². The lowest BCUT2D eigenvalue weighted by Crippen LogP contribution is -2.21. The van der Waals surface area contributed by atoms with Gasteiger partial charge in [-0.15, -0.1) is 0 Å². The molecule has 4 nitrogen and oxygen atoms in total. The van der Waals surface area contributed by atoms with Crippen LogP contribution < -0.4 is 0 Å². The van der Waals surface area contributed by atoms with Crippen LogP contribution in [0.25, 0.3) is 21.8 Å². The van der Waals surface area contributed by atoms with Crippen LogP contribution >= 0.6 is 0 Å². The zero-order valence-corrected chi connectivity index (χ0v) is 11.7. The van der Waals surface area contributed by atoms with E-state index in [4.69, 9.17) is 9.90 Å². The number of aromatic amines is 1. The van der Waals surface area contributed by atoms with Crippen molar-refractivity contribution in [1.29, 1.82) is 0 Å². The molecule has 0 aliphatic carbocycles. The molecule has 0 amide bonds. The van der Waals surface area contributed by atoms with Gasteiger partial charge in [-0.05, 0) is 17.7 Å². The summed E-state index contributed by atoms with van der Waals surface area (Å²) in [6.45, 7) is -0.312. The number of fused-ring (bicyclic) bond motifs is 3. The lowest BCUT2D eigenvalue weighted by atomic mass is 10.1. The molecule has 0 bridgehead atoms. The maximum absolute atomic E-state index is 12.3. The summed E-state index contributed by atoms with van der Waals surface area (Å²) in [6.07, 6.45) is -0.993. The highest BCUT2D eigenvalue weighted by Gasteiger charge is 2.38. The van der Waals surface area contributed by atoms with E-state index in [1.54, 1.807) is 6.20 Å². The van der Waals surface area contributed by atoms with E-state index < -0.39 is 12.1 Å². The number of H-pyrrole nitrogens is 1. The maximum Gasteiger partial charge on any atom is 0.490 e. The highest BCUT2D eigenvalue weighted by molar-refractivity contribution is 6.06. The van der Waals surface area contributed by atoms with Crippen LogP contribution in [0.1, 0.15) is 5.56 Å². The van der Waals surface area contributed by atoms with Crippen molar-refractivity contribution >= 4 is 27.8 Å². The second-order valence-corrected chi connectivity index (χ2v) is 4.67. The van der Waals surface area contributed by atoms with Crippen LogP contribution in [0.15, 0.2) is 36.7 Å². The summed E-state index contributed by atoms with van der Waals surface area (Å²) in [5, 5.41) is 9.38. The molecule has 0 aliphatic rings. The fraction of sp³-hybridized carbons (Fsp3) is 0.200. The lowest BCUT2D eigenvalue weighted by Gasteiger charge is -1.97. The number of rotatable bonds is 2. The van der Waals surface area contributed by atoms with Gasteiger partial charge >= 0.3 is 12.1 Å². The molecule has 8 heteroatoms. The quantitative estimate of drug-likeness (QED) is 0.702. The van der Waals surface area contributed by atoms with Crippen molar-refractivity contribution in [2.75, 3.05) is 6.67 Å². The summed E-state index contributed by atoms with van der Waals surface area (Å²) in [5.41, 5.74) is 3.14. The molecule has 2 N–H and O–H groups in total. The molecule has 3 aromatic rings. The minimum atomic E-state index is -5.08. The van der Waals surface area contributed by atoms with Gasteiger partial charge in [0.25, 0.3) is 0 Å². The van der Waals surface area contributed by atoms with Crippen molar-refractivity contribution in [3.05, 3.63) is 42.2 Å². The largest absolute Gasteiger partial charge is 0.490 e. The summed E-state index contributed by atoms with van der Waals surface area (Å²) in [7, 11) is 0. The molecule has 122 valence electrons. The highest BCUT2D eigenvalue weighted by Crippen LogP contribution is 2.25. The number of aryl methyl sites for hydroxylation is 1. The zero-order chi connectivity index (χ0) is 17.0. The molecule has 0 saturated heterocycles. The molecular weight excluding hydrogens is 316 g/mol. The number of carbonyl (C=O) groups is 1. The van der Waals surface area contributed by atoms with Crippen LogP contribution in [-0.4, -0.2) is 33.9 Å². The number of hydrogen-bond donors (Lipinski definition) is 2. The highest BCUT2D eigenvalue weighted by atomic mass is 19.4. The summed E-state index contributed by atoms with van der Waals surface area (Å²) >= 11 is 0. The third kappa shape index (κ3) is 3.97. The van der Waals surface area contributed by atoms with Crippen molar-refractivity contribution in [2.45, 2.75) is 12.6 Å². The fourth-order valence-corrected chi connectivity index (χ4v) is 2.06. The van der Waals surface area contributed by atoms with Crippen molar-refractivity contribution in [3.8, 4) is 0 Å². The van der Waals surface area contributed by atoms with Gasteiger partial charge in [0.2, 0.25) is 0 Å². The summed E-state index contributed by atoms with van der Waals surface area (Å²) in [4.78, 5) is 16.3. The normalized spacial score (nSPS) is 11.3. The zero-order valence-electron chi connectivity index (χ0n) is 11.7. The Bertz CT molecular complexity index is 827. The van der Waals surface area contributed by atoms with Gasteiger partial charge < -0.3 is 10.1 Å².